The van der Waals surface area contributed by atoms with Crippen molar-refractivity contribution in [2.75, 3.05) is 13.2 Å². The Hall–Kier alpha value is -1.09. The summed E-state index contributed by atoms with van der Waals surface area (Å²) in [6, 6.07) is 2.06. The molecule has 108 valence electrons. The first-order valence-corrected chi connectivity index (χ1v) is 6.24. The van der Waals surface area contributed by atoms with Crippen molar-refractivity contribution in [1.82, 2.24) is 0 Å². The first kappa shape index (κ1) is 16.0. The van der Waals surface area contributed by atoms with E-state index >= 15 is 0 Å². The van der Waals surface area contributed by atoms with Crippen molar-refractivity contribution < 1.29 is 22.7 Å². The Morgan fingerprint density at radius 2 is 2.00 bits per heavy atom. The minimum Gasteiger partial charge on any atom is -0.372 e. The number of ether oxygens (including phenoxy) is 1. The Balaban J connectivity index is 2.44. The lowest BCUT2D eigenvalue weighted by Crippen LogP contribution is -2.31. The third kappa shape index (κ3) is 3.93. The van der Waals surface area contributed by atoms with E-state index in [0.29, 0.717) is 12.8 Å². The summed E-state index contributed by atoms with van der Waals surface area (Å²) < 4.78 is 40.1. The molecule has 0 aromatic carbocycles. The number of alkyl halides is 3. The number of carbonyl (C=O) groups is 1. The minimum atomic E-state index is -4.34. The Morgan fingerprint density at radius 3 is 2.42 bits per heavy atom. The summed E-state index contributed by atoms with van der Waals surface area (Å²) in [6.07, 6.45) is -2.66. The van der Waals surface area contributed by atoms with Gasteiger partial charge in [-0.05, 0) is 25.7 Å². The monoisotopic (exact) mass is 277 g/mol. The summed E-state index contributed by atoms with van der Waals surface area (Å²) in [5.74, 6) is -0.0988. The molecule has 3 nitrogen and oxygen atoms in total. The maximum absolute atomic E-state index is 12.2. The Morgan fingerprint density at radius 1 is 1.37 bits per heavy atom. The van der Waals surface area contributed by atoms with E-state index in [-0.39, 0.29) is 25.2 Å². The molecule has 1 fully saturated rings. The lowest BCUT2D eigenvalue weighted by atomic mass is 9.78. The molecule has 0 aromatic heterocycles. The van der Waals surface area contributed by atoms with Crippen molar-refractivity contribution in [3.8, 4) is 6.07 Å². The van der Waals surface area contributed by atoms with Gasteiger partial charge in [0, 0.05) is 12.0 Å². The molecule has 0 amide bonds. The zero-order valence-electron chi connectivity index (χ0n) is 11.1. The molecule has 1 atom stereocenters. The largest absolute Gasteiger partial charge is 0.411 e. The summed E-state index contributed by atoms with van der Waals surface area (Å²) in [4.78, 5) is 12.2. The maximum atomic E-state index is 12.2. The van der Waals surface area contributed by atoms with Crippen LogP contribution < -0.4 is 0 Å². The molecule has 0 spiro atoms. The number of hydrogen-bond donors (Lipinski definition) is 0. The first-order chi connectivity index (χ1) is 8.63. The van der Waals surface area contributed by atoms with E-state index in [9.17, 15) is 23.2 Å². The average Bonchev–Trinajstić information content (AvgIpc) is 2.52. The molecule has 1 unspecified atom stereocenters. The quantitative estimate of drug-likeness (QED) is 0.725. The normalized spacial score (nSPS) is 26.4. The predicted octanol–water partition coefficient (Wildman–Crippen LogP) is 3.24. The summed E-state index contributed by atoms with van der Waals surface area (Å²) in [5, 5.41) is 9.21. The second-order valence-corrected chi connectivity index (χ2v) is 5.68. The van der Waals surface area contributed by atoms with E-state index in [1.54, 1.807) is 13.8 Å². The van der Waals surface area contributed by atoms with Crippen molar-refractivity contribution in [3.05, 3.63) is 0 Å². The van der Waals surface area contributed by atoms with Gasteiger partial charge in [-0.25, -0.2) is 0 Å². The number of halogens is 3. The summed E-state index contributed by atoms with van der Waals surface area (Å²) in [7, 11) is 0. The van der Waals surface area contributed by atoms with Gasteiger partial charge in [0.25, 0.3) is 0 Å². The second-order valence-electron chi connectivity index (χ2n) is 5.68. The summed E-state index contributed by atoms with van der Waals surface area (Å²) in [5.41, 5.74) is -1.55. The third-order valence-corrected chi connectivity index (χ3v) is 3.60. The number of hydrogen-bond acceptors (Lipinski definition) is 3. The van der Waals surface area contributed by atoms with Gasteiger partial charge in [-0.1, -0.05) is 13.8 Å². The van der Waals surface area contributed by atoms with Gasteiger partial charge in [0.1, 0.15) is 12.0 Å². The summed E-state index contributed by atoms with van der Waals surface area (Å²) >= 11 is 0. The van der Waals surface area contributed by atoms with Gasteiger partial charge in [0.05, 0.1) is 6.07 Å². The second kappa shape index (κ2) is 5.49. The van der Waals surface area contributed by atoms with Crippen molar-refractivity contribution in [2.24, 2.45) is 10.8 Å². The van der Waals surface area contributed by atoms with Crippen LogP contribution in [0.2, 0.25) is 0 Å². The van der Waals surface area contributed by atoms with Gasteiger partial charge in [-0.15, -0.1) is 0 Å². The molecule has 1 rings (SSSR count). The number of carbonyl (C=O) groups excluding carboxylic acids is 1. The average molecular weight is 277 g/mol. The van der Waals surface area contributed by atoms with Crippen LogP contribution in [0, 0.1) is 22.2 Å². The number of nitriles is 1. The molecule has 19 heavy (non-hydrogen) atoms. The molecule has 1 aliphatic carbocycles. The highest BCUT2D eigenvalue weighted by molar-refractivity contribution is 5.94. The molecule has 1 aliphatic rings. The molecule has 0 radical (unpaired) electrons. The van der Waals surface area contributed by atoms with Crippen LogP contribution >= 0.6 is 0 Å². The molecule has 0 N–H and O–H groups in total. The van der Waals surface area contributed by atoms with Crippen LogP contribution in [0.15, 0.2) is 0 Å². The molecule has 0 saturated heterocycles. The minimum absolute atomic E-state index is 0.0867. The fraction of sp³-hybridized carbons (Fsp3) is 0.846. The van der Waals surface area contributed by atoms with E-state index in [4.69, 9.17) is 0 Å². The highest BCUT2D eigenvalue weighted by Crippen LogP contribution is 2.47. The Labute approximate surface area is 110 Å². The zero-order valence-corrected chi connectivity index (χ0v) is 11.1. The Kier molecular flexibility index (Phi) is 4.62. The summed E-state index contributed by atoms with van der Waals surface area (Å²) in [6.45, 7) is 2.23. The molecular weight excluding hydrogens is 259 g/mol. The molecular formula is C13H18F3NO2. The van der Waals surface area contributed by atoms with E-state index < -0.39 is 23.6 Å². The van der Waals surface area contributed by atoms with Crippen molar-refractivity contribution in [2.45, 2.75) is 45.7 Å². The van der Waals surface area contributed by atoms with Gasteiger partial charge in [0.2, 0.25) is 0 Å². The topological polar surface area (TPSA) is 50.1 Å². The van der Waals surface area contributed by atoms with Gasteiger partial charge < -0.3 is 4.74 Å². The number of Topliss-reactive ketones (excluding diaryl/α,β-unsaturated/α-hetero) is 1. The zero-order chi connectivity index (χ0) is 14.7. The fourth-order valence-electron chi connectivity index (χ4n) is 2.47. The van der Waals surface area contributed by atoms with Crippen molar-refractivity contribution in [3.63, 3.8) is 0 Å². The van der Waals surface area contributed by atoms with Crippen LogP contribution in [0.5, 0.6) is 0 Å². The van der Waals surface area contributed by atoms with E-state index in [2.05, 4.69) is 10.8 Å². The molecule has 1 saturated carbocycles. The van der Waals surface area contributed by atoms with Crippen LogP contribution in [0.1, 0.15) is 39.5 Å². The van der Waals surface area contributed by atoms with Crippen LogP contribution in [0.3, 0.4) is 0 Å². The van der Waals surface area contributed by atoms with Gasteiger partial charge in [0.15, 0.2) is 5.78 Å². The molecule has 0 aromatic rings. The van der Waals surface area contributed by atoms with Crippen molar-refractivity contribution >= 4 is 5.78 Å². The highest BCUT2D eigenvalue weighted by Gasteiger charge is 2.51. The first-order valence-electron chi connectivity index (χ1n) is 6.24. The maximum Gasteiger partial charge on any atom is 0.411 e. The number of rotatable bonds is 5. The lowest BCUT2D eigenvalue weighted by molar-refractivity contribution is -0.174. The van der Waals surface area contributed by atoms with E-state index in [0.717, 1.165) is 0 Å². The molecule has 0 aliphatic heterocycles. The van der Waals surface area contributed by atoms with Crippen LogP contribution in [0.25, 0.3) is 0 Å². The van der Waals surface area contributed by atoms with Crippen LogP contribution in [-0.2, 0) is 9.53 Å². The number of nitrogens with zero attached hydrogens (tertiary/aromatic N) is 1. The standard InChI is InChI=1S/C13H18F3NO2/c1-11(2)5-6-12(8-17,10(11)18)4-3-7-19-9-13(14,15)16/h3-7,9H2,1-2H3. The lowest BCUT2D eigenvalue weighted by Gasteiger charge is -2.22. The SMILES string of the molecule is CC1(C)CCC(C#N)(CCCOCC(F)(F)F)C1=O. The van der Waals surface area contributed by atoms with E-state index in [1.165, 1.54) is 0 Å². The van der Waals surface area contributed by atoms with Gasteiger partial charge in [-0.2, -0.15) is 18.4 Å². The van der Waals surface area contributed by atoms with E-state index in [1.807, 2.05) is 0 Å². The number of ketones is 1. The molecule has 0 bridgehead atoms. The third-order valence-electron chi connectivity index (χ3n) is 3.60. The predicted molar refractivity (Wildman–Crippen MR) is 62.2 cm³/mol. The van der Waals surface area contributed by atoms with Crippen LogP contribution in [-0.4, -0.2) is 25.2 Å². The Bertz CT molecular complexity index is 384. The fourth-order valence-corrected chi connectivity index (χ4v) is 2.47. The van der Waals surface area contributed by atoms with Crippen LogP contribution in [0.4, 0.5) is 13.2 Å². The molecule has 6 heteroatoms. The smallest absolute Gasteiger partial charge is 0.372 e. The molecule has 0 heterocycles. The van der Waals surface area contributed by atoms with Crippen molar-refractivity contribution in [1.29, 1.82) is 5.26 Å². The van der Waals surface area contributed by atoms with Gasteiger partial charge >= 0.3 is 6.18 Å². The highest BCUT2D eigenvalue weighted by atomic mass is 19.4. The van der Waals surface area contributed by atoms with Gasteiger partial charge in [-0.3, -0.25) is 4.79 Å².